The molecule has 272 valence electrons. The molecule has 47 heavy (non-hydrogen) atoms. The van der Waals surface area contributed by atoms with Crippen molar-refractivity contribution >= 4 is 21.1 Å². The van der Waals surface area contributed by atoms with Crippen LogP contribution >= 0.6 is 15.8 Å². The Morgan fingerprint density at radius 3 is 1.30 bits per heavy atom. The van der Waals surface area contributed by atoms with Gasteiger partial charge in [-0.05, 0) is 125 Å². The predicted octanol–water partition coefficient (Wildman–Crippen LogP) is 12.9. The third-order valence-electron chi connectivity index (χ3n) is 13.1. The van der Waals surface area contributed by atoms with Crippen LogP contribution in [0.3, 0.4) is 0 Å². The molecule has 0 radical (unpaired) electrons. The summed E-state index contributed by atoms with van der Waals surface area (Å²) in [6.45, 7) is 2.45. The molecule has 4 atom stereocenters. The van der Waals surface area contributed by atoms with Crippen LogP contribution in [-0.2, 0) is 34.1 Å². The van der Waals surface area contributed by atoms with Gasteiger partial charge in [-0.3, -0.25) is 0 Å². The predicted molar refractivity (Wildman–Crippen MR) is 206 cm³/mol. The van der Waals surface area contributed by atoms with Gasteiger partial charge in [0.25, 0.3) is 0 Å². The minimum atomic E-state index is 0. The number of hydrogen-bond acceptors (Lipinski definition) is 1. The van der Waals surface area contributed by atoms with E-state index in [1.165, 1.54) is 107 Å². The van der Waals surface area contributed by atoms with Crippen LogP contribution in [0.15, 0.2) is 30.3 Å². The van der Waals surface area contributed by atoms with Gasteiger partial charge in [0.15, 0.2) is 0 Å². The zero-order chi connectivity index (χ0) is 31.3. The Bertz CT molecular complexity index is 877. The second-order valence-corrected chi connectivity index (χ2v) is 22.1. The average molecular weight is 766 g/mol. The Hall–Kier alpha value is 1.08. The third kappa shape index (κ3) is 12.9. The van der Waals surface area contributed by atoms with Crippen molar-refractivity contribution in [2.45, 2.75) is 208 Å². The molecule has 0 bridgehead atoms. The van der Waals surface area contributed by atoms with Gasteiger partial charge in [0.2, 0.25) is 0 Å². The van der Waals surface area contributed by atoms with Crippen molar-refractivity contribution < 1.29 is 34.1 Å². The first-order valence-electron chi connectivity index (χ1n) is 20.4. The van der Waals surface area contributed by atoms with Crippen LogP contribution in [0.5, 0.6) is 0 Å². The van der Waals surface area contributed by atoms with Gasteiger partial charge in [-0.25, -0.2) is 0 Å². The molecular weight excluding hydrogens is 692 g/mol. The SMILES string of the molecule is C1CCC(P(C2CCCCC2)C2CCCC2)CC1.C1CCCC1.C[C@@H](C1CCCC1[P@@](c1ccccc1)C1CCCC1)N(C)C.[Fe].[Fe]. The number of benzene rings is 1. The molecule has 1 nitrogen and oxygen atoms in total. The standard InChI is InChI=1S/C20H32NP.C17H31P.C5H10.2Fe/c1-16(21(2)3)19-14-9-15-20(19)22(18-12-7-8-13-18)17-10-5-4-6-11-17;1-3-9-15(10-4-1)18(17-13-7-8-14-17)16-11-5-2-6-12-16;1-2-4-5-3-1;;/h4-6,10-11,16,18-20H,7-9,12-15H2,1-3H3;15-17H,1-14H2;1-5H2;;/t16-,19?,20?,22-;;;;/m0..../s1. The van der Waals surface area contributed by atoms with Gasteiger partial charge in [0, 0.05) is 40.2 Å². The van der Waals surface area contributed by atoms with Gasteiger partial charge in [0.1, 0.15) is 0 Å². The topological polar surface area (TPSA) is 3.24 Å². The summed E-state index contributed by atoms with van der Waals surface area (Å²) >= 11 is 0. The van der Waals surface area contributed by atoms with Crippen LogP contribution in [0, 0.1) is 5.92 Å². The smallest absolute Gasteiger partial charge is 0.00952 e. The van der Waals surface area contributed by atoms with Crippen molar-refractivity contribution in [2.75, 3.05) is 14.1 Å². The summed E-state index contributed by atoms with van der Waals surface area (Å²) in [5, 5.41) is 1.69. The molecule has 0 saturated heterocycles. The number of rotatable bonds is 8. The van der Waals surface area contributed by atoms with Gasteiger partial charge < -0.3 is 4.90 Å². The molecule has 6 saturated carbocycles. The summed E-state index contributed by atoms with van der Waals surface area (Å²) in [7, 11) is 4.95. The molecule has 0 aromatic heterocycles. The Morgan fingerprint density at radius 1 is 0.489 bits per heavy atom. The quantitative estimate of drug-likeness (QED) is 0.188. The fraction of sp³-hybridized carbons (Fsp3) is 0.857. The summed E-state index contributed by atoms with van der Waals surface area (Å²) in [5.74, 6) is 0.905. The fourth-order valence-corrected chi connectivity index (χ4v) is 19.2. The van der Waals surface area contributed by atoms with Crippen LogP contribution in [-0.4, -0.2) is 53.3 Å². The van der Waals surface area contributed by atoms with E-state index in [9.17, 15) is 0 Å². The molecule has 6 aliphatic rings. The first kappa shape index (κ1) is 42.5. The number of hydrogen-bond donors (Lipinski definition) is 0. The maximum atomic E-state index is 2.45. The van der Waals surface area contributed by atoms with Gasteiger partial charge >= 0.3 is 0 Å². The van der Waals surface area contributed by atoms with Crippen LogP contribution < -0.4 is 5.30 Å². The van der Waals surface area contributed by atoms with Crippen molar-refractivity contribution in [1.82, 2.24) is 4.90 Å². The summed E-state index contributed by atoms with van der Waals surface area (Å²) in [6, 6.07) is 12.3. The van der Waals surface area contributed by atoms with E-state index in [4.69, 9.17) is 0 Å². The Kier molecular flexibility index (Phi) is 21.3. The second kappa shape index (κ2) is 23.6. The molecule has 0 heterocycles. The molecule has 0 N–H and O–H groups in total. The normalized spacial score (nSPS) is 27.3. The molecule has 0 amide bonds. The van der Waals surface area contributed by atoms with Crippen LogP contribution in [0.4, 0.5) is 0 Å². The molecule has 2 unspecified atom stereocenters. The van der Waals surface area contributed by atoms with Crippen molar-refractivity contribution in [2.24, 2.45) is 5.92 Å². The molecule has 7 rings (SSSR count). The van der Waals surface area contributed by atoms with Crippen LogP contribution in [0.1, 0.15) is 174 Å². The Balaban J connectivity index is 0.000000217. The van der Waals surface area contributed by atoms with Crippen LogP contribution in [0.25, 0.3) is 0 Å². The maximum absolute atomic E-state index is 2.45. The zero-order valence-electron chi connectivity index (χ0n) is 30.9. The van der Waals surface area contributed by atoms with Crippen molar-refractivity contribution in [3.63, 3.8) is 0 Å². The summed E-state index contributed by atoms with van der Waals surface area (Å²) in [6.07, 6.45) is 39.9. The first-order chi connectivity index (χ1) is 22.1. The molecular formula is C42H73Fe2NP2. The molecule has 5 heteroatoms. The van der Waals surface area contributed by atoms with E-state index in [0.29, 0.717) is 7.92 Å². The largest absolute Gasteiger partial charge is 0.306 e. The summed E-state index contributed by atoms with van der Waals surface area (Å²) < 4.78 is 0. The van der Waals surface area contributed by atoms with Gasteiger partial charge in [-0.15, -0.1) is 0 Å². The molecule has 1 aromatic carbocycles. The molecule has 6 fully saturated rings. The van der Waals surface area contributed by atoms with E-state index in [2.05, 4.69) is 56.3 Å². The molecule has 0 spiro atoms. The minimum Gasteiger partial charge on any atom is -0.306 e. The minimum absolute atomic E-state index is 0. The molecule has 1 aromatic rings. The number of nitrogens with zero attached hydrogens (tertiary/aromatic N) is 1. The van der Waals surface area contributed by atoms with Gasteiger partial charge in [0.05, 0.1) is 0 Å². The second-order valence-electron chi connectivity index (χ2n) is 16.3. The maximum Gasteiger partial charge on any atom is 0.00952 e. The van der Waals surface area contributed by atoms with Crippen molar-refractivity contribution in [1.29, 1.82) is 0 Å². The zero-order valence-corrected chi connectivity index (χ0v) is 34.9. The van der Waals surface area contributed by atoms with E-state index in [1.54, 1.807) is 82.4 Å². The first-order valence-corrected chi connectivity index (χ1v) is 23.4. The van der Waals surface area contributed by atoms with E-state index in [1.807, 2.05) is 0 Å². The Labute approximate surface area is 316 Å². The average Bonchev–Trinajstić information content (AvgIpc) is 3.93. The summed E-state index contributed by atoms with van der Waals surface area (Å²) in [4.78, 5) is 2.45. The van der Waals surface area contributed by atoms with Crippen molar-refractivity contribution in [3.05, 3.63) is 30.3 Å². The summed E-state index contributed by atoms with van der Waals surface area (Å²) in [5.41, 5.74) is 5.54. The van der Waals surface area contributed by atoms with Gasteiger partial charge in [-0.1, -0.05) is 149 Å². The van der Waals surface area contributed by atoms with Crippen molar-refractivity contribution in [3.8, 4) is 0 Å². The molecule has 0 aliphatic heterocycles. The van der Waals surface area contributed by atoms with E-state index in [0.717, 1.165) is 23.3 Å². The monoisotopic (exact) mass is 765 g/mol. The fourth-order valence-electron chi connectivity index (χ4n) is 10.5. The van der Waals surface area contributed by atoms with Gasteiger partial charge in [-0.2, -0.15) is 0 Å². The van der Waals surface area contributed by atoms with E-state index >= 15 is 0 Å². The Morgan fingerprint density at radius 2 is 0.872 bits per heavy atom. The van der Waals surface area contributed by atoms with Crippen LogP contribution in [0.2, 0.25) is 0 Å². The van der Waals surface area contributed by atoms with E-state index < -0.39 is 0 Å². The third-order valence-corrected chi connectivity index (χ3v) is 20.7. The molecule has 6 aliphatic carbocycles. The van der Waals surface area contributed by atoms with E-state index in [-0.39, 0.29) is 42.1 Å².